The number of carbonyl (C=O) groups excluding carboxylic acids is 1. The van der Waals surface area contributed by atoms with Crippen molar-refractivity contribution in [3.63, 3.8) is 0 Å². The number of quaternary nitrogens is 1. The molecule has 0 rings (SSSR count). The maximum atomic E-state index is 11.4. The van der Waals surface area contributed by atoms with Gasteiger partial charge in [-0.2, -0.15) is 8.42 Å². The lowest BCUT2D eigenvalue weighted by Gasteiger charge is -2.26. The van der Waals surface area contributed by atoms with Crippen LogP contribution in [0.1, 0.15) is 27.2 Å². The van der Waals surface area contributed by atoms with Crippen LogP contribution >= 0.6 is 0 Å². The van der Waals surface area contributed by atoms with Gasteiger partial charge in [-0.15, -0.1) is 0 Å². The normalized spacial score (nSPS) is 12.5. The molecule has 0 aliphatic rings. The number of hydrogen-bond acceptors (Lipinski definition) is 4. The van der Waals surface area contributed by atoms with Crippen molar-refractivity contribution in [2.45, 2.75) is 27.2 Å². The van der Waals surface area contributed by atoms with Crippen LogP contribution in [0.3, 0.4) is 0 Å². The van der Waals surface area contributed by atoms with Crippen LogP contribution in [0, 0.1) is 0 Å². The highest BCUT2D eigenvalue weighted by Crippen LogP contribution is 2.02. The Labute approximate surface area is 115 Å². The topological polar surface area (TPSA) is 101 Å². The first-order chi connectivity index (χ1) is 8.43. The monoisotopic (exact) mass is 298 g/mol. The molecule has 0 aliphatic heterocycles. The van der Waals surface area contributed by atoms with Crippen molar-refractivity contribution in [2.75, 3.05) is 27.4 Å². The molecule has 0 spiro atoms. The van der Waals surface area contributed by atoms with Crippen LogP contribution in [-0.4, -0.2) is 55.3 Å². The van der Waals surface area contributed by atoms with Gasteiger partial charge in [0.15, 0.2) is 0 Å². The minimum absolute atomic E-state index is 0.202. The third-order valence-corrected chi connectivity index (χ3v) is 2.23. The summed E-state index contributed by atoms with van der Waals surface area (Å²) in [5.74, 6) is -0.202. The van der Waals surface area contributed by atoms with E-state index in [0.717, 1.165) is 13.0 Å². The summed E-state index contributed by atoms with van der Waals surface area (Å²) >= 11 is 0. The minimum Gasteiger partial charge on any atom is -0.412 e. The smallest absolute Gasteiger partial charge is 0.394 e. The molecule has 0 aliphatic carbocycles. The predicted molar refractivity (Wildman–Crippen MR) is 71.8 cm³/mol. The largest absolute Gasteiger partial charge is 0.412 e. The van der Waals surface area contributed by atoms with E-state index in [4.69, 9.17) is 22.3 Å². The van der Waals surface area contributed by atoms with Crippen LogP contribution in [0.5, 0.6) is 0 Å². The fraction of sp³-hybridized carbons (Fsp3) is 0.727. The van der Waals surface area contributed by atoms with Crippen molar-refractivity contribution >= 4 is 16.4 Å². The standard InChI is InChI=1S/C11H22NO2.H2O4S/c1-6-8-10(3)11(13)14-9-12(4,5)7-2;1-5(2,3)4/h8H,6-7,9H2,1-5H3;(H2,1,2,3,4)/q+1;. The molecule has 0 fully saturated rings. The SMILES string of the molecule is CCC=C(C)C(=O)OC[N+](C)(C)CC.O=S(=O)(O)O. The molecule has 19 heavy (non-hydrogen) atoms. The molecule has 0 aromatic rings. The molecule has 2 N–H and O–H groups in total. The molecule has 114 valence electrons. The molecule has 0 unspecified atom stereocenters. The van der Waals surface area contributed by atoms with Gasteiger partial charge < -0.3 is 4.74 Å². The Balaban J connectivity index is 0. The van der Waals surface area contributed by atoms with Gasteiger partial charge in [0.1, 0.15) is 0 Å². The molecular weight excluding hydrogens is 274 g/mol. The van der Waals surface area contributed by atoms with Crippen molar-refractivity contribution in [1.82, 2.24) is 0 Å². The highest BCUT2D eigenvalue weighted by Gasteiger charge is 2.15. The lowest BCUT2D eigenvalue weighted by molar-refractivity contribution is -0.905. The van der Waals surface area contributed by atoms with E-state index in [2.05, 4.69) is 6.92 Å². The maximum absolute atomic E-state index is 11.4. The zero-order valence-corrected chi connectivity index (χ0v) is 12.9. The second kappa shape index (κ2) is 9.03. The zero-order valence-electron chi connectivity index (χ0n) is 12.1. The van der Waals surface area contributed by atoms with Crippen LogP contribution in [0.4, 0.5) is 0 Å². The Morgan fingerprint density at radius 1 is 1.26 bits per heavy atom. The molecule has 0 bridgehead atoms. The van der Waals surface area contributed by atoms with E-state index in [0.29, 0.717) is 16.8 Å². The Bertz CT molecular complexity index is 391. The summed E-state index contributed by atoms with van der Waals surface area (Å²) in [5, 5.41) is 0. The van der Waals surface area contributed by atoms with Gasteiger partial charge in [-0.3, -0.25) is 13.6 Å². The lowest BCUT2D eigenvalue weighted by Crippen LogP contribution is -2.42. The molecule has 0 radical (unpaired) electrons. The van der Waals surface area contributed by atoms with E-state index in [-0.39, 0.29) is 5.97 Å². The number of allylic oxidation sites excluding steroid dienone is 1. The number of carbonyl (C=O) groups is 1. The molecule has 0 heterocycles. The third kappa shape index (κ3) is 17.0. The van der Waals surface area contributed by atoms with Crippen LogP contribution in [0.15, 0.2) is 11.6 Å². The van der Waals surface area contributed by atoms with E-state index >= 15 is 0 Å². The fourth-order valence-corrected chi connectivity index (χ4v) is 0.828. The summed E-state index contributed by atoms with van der Waals surface area (Å²) in [6, 6.07) is 0. The molecular formula is C11H24NO6S+. The van der Waals surface area contributed by atoms with Crippen LogP contribution in [0.25, 0.3) is 0 Å². The molecule has 0 aromatic heterocycles. The van der Waals surface area contributed by atoms with Crippen LogP contribution in [-0.2, 0) is 19.9 Å². The van der Waals surface area contributed by atoms with Gasteiger partial charge in [0.25, 0.3) is 0 Å². The number of esters is 1. The summed E-state index contributed by atoms with van der Waals surface area (Å²) in [6.07, 6.45) is 2.75. The Morgan fingerprint density at radius 3 is 2.00 bits per heavy atom. The Morgan fingerprint density at radius 2 is 1.68 bits per heavy atom. The van der Waals surface area contributed by atoms with Gasteiger partial charge >= 0.3 is 16.4 Å². The average molecular weight is 298 g/mol. The van der Waals surface area contributed by atoms with Crippen molar-refractivity contribution in [1.29, 1.82) is 0 Å². The van der Waals surface area contributed by atoms with Crippen molar-refractivity contribution < 1.29 is 31.5 Å². The van der Waals surface area contributed by atoms with Crippen molar-refractivity contribution in [2.24, 2.45) is 0 Å². The fourth-order valence-electron chi connectivity index (χ4n) is 0.828. The third-order valence-electron chi connectivity index (χ3n) is 2.23. The van der Waals surface area contributed by atoms with Gasteiger partial charge in [-0.25, -0.2) is 4.79 Å². The average Bonchev–Trinajstić information content (AvgIpc) is 2.24. The van der Waals surface area contributed by atoms with Crippen molar-refractivity contribution in [3.8, 4) is 0 Å². The van der Waals surface area contributed by atoms with Gasteiger partial charge in [0, 0.05) is 5.57 Å². The van der Waals surface area contributed by atoms with E-state index in [1.165, 1.54) is 0 Å². The number of nitrogens with zero attached hydrogens (tertiary/aromatic N) is 1. The van der Waals surface area contributed by atoms with Gasteiger partial charge in [-0.1, -0.05) is 13.0 Å². The second-order valence-electron chi connectivity index (χ2n) is 4.56. The van der Waals surface area contributed by atoms with E-state index in [1.807, 2.05) is 27.1 Å². The highest BCUT2D eigenvalue weighted by molar-refractivity contribution is 7.79. The molecule has 0 aromatic carbocycles. The number of rotatable bonds is 5. The van der Waals surface area contributed by atoms with Gasteiger partial charge in [0.2, 0.25) is 6.73 Å². The number of hydrogen-bond donors (Lipinski definition) is 2. The Hall–Kier alpha value is -0.960. The molecule has 0 saturated carbocycles. The van der Waals surface area contributed by atoms with E-state index in [1.54, 1.807) is 6.92 Å². The van der Waals surface area contributed by atoms with E-state index < -0.39 is 10.4 Å². The highest BCUT2D eigenvalue weighted by atomic mass is 32.3. The summed E-state index contributed by atoms with van der Waals surface area (Å²) < 4.78 is 37.5. The first-order valence-corrected chi connectivity index (χ1v) is 7.18. The van der Waals surface area contributed by atoms with Crippen LogP contribution in [0.2, 0.25) is 0 Å². The van der Waals surface area contributed by atoms with Crippen molar-refractivity contribution in [3.05, 3.63) is 11.6 Å². The Kier molecular flexibility index (Phi) is 9.67. The molecule has 7 nitrogen and oxygen atoms in total. The first-order valence-electron chi connectivity index (χ1n) is 5.78. The minimum atomic E-state index is -4.67. The lowest BCUT2D eigenvalue weighted by atomic mass is 10.2. The maximum Gasteiger partial charge on any atom is 0.394 e. The summed E-state index contributed by atoms with van der Waals surface area (Å²) in [6.45, 7) is 7.25. The molecule has 0 atom stereocenters. The number of ether oxygens (including phenoxy) is 1. The van der Waals surface area contributed by atoms with Gasteiger partial charge in [-0.05, 0) is 20.3 Å². The predicted octanol–water partition coefficient (Wildman–Crippen LogP) is 1.29. The van der Waals surface area contributed by atoms with Gasteiger partial charge in [0.05, 0.1) is 20.6 Å². The summed E-state index contributed by atoms with van der Waals surface area (Å²) in [7, 11) is -0.599. The summed E-state index contributed by atoms with van der Waals surface area (Å²) in [4.78, 5) is 11.4. The zero-order chi connectivity index (χ0) is 15.7. The quantitative estimate of drug-likeness (QED) is 0.261. The molecule has 0 amide bonds. The molecule has 0 saturated heterocycles. The second-order valence-corrected chi connectivity index (χ2v) is 5.45. The first kappa shape index (κ1) is 20.4. The van der Waals surface area contributed by atoms with E-state index in [9.17, 15) is 4.79 Å². The van der Waals surface area contributed by atoms with Crippen LogP contribution < -0.4 is 0 Å². The summed E-state index contributed by atoms with van der Waals surface area (Å²) in [5.41, 5.74) is 0.698. The molecule has 8 heteroatoms.